The smallest absolute Gasteiger partial charge is 0.292 e. The Morgan fingerprint density at radius 1 is 1.29 bits per heavy atom. The van der Waals surface area contributed by atoms with Gasteiger partial charge in [0, 0.05) is 6.54 Å². The van der Waals surface area contributed by atoms with E-state index in [2.05, 4.69) is 6.92 Å². The standard InChI is InChI=1S/C12H13ClN2O2/c1-2-3-8-14-9-6-4-5-7-10(9)15(11(13)16)12(14)17/h4-7H,2-3,8H2,1H3. The number of para-hydroxylation sites is 2. The number of aromatic nitrogens is 2. The molecule has 0 aliphatic rings. The third kappa shape index (κ3) is 2.00. The van der Waals surface area contributed by atoms with Crippen LogP contribution in [0.4, 0.5) is 4.79 Å². The van der Waals surface area contributed by atoms with E-state index in [9.17, 15) is 9.59 Å². The Bertz CT molecular complexity index is 612. The highest BCUT2D eigenvalue weighted by Gasteiger charge is 2.15. The number of carbonyl (C=O) groups excluding carboxylic acids is 1. The van der Waals surface area contributed by atoms with Gasteiger partial charge < -0.3 is 0 Å². The van der Waals surface area contributed by atoms with Gasteiger partial charge in [0.2, 0.25) is 0 Å². The Hall–Kier alpha value is -1.55. The summed E-state index contributed by atoms with van der Waals surface area (Å²) in [5.74, 6) is 0. The first-order valence-electron chi connectivity index (χ1n) is 5.57. The highest BCUT2D eigenvalue weighted by molar-refractivity contribution is 6.63. The number of aryl methyl sites for hydroxylation is 1. The quantitative estimate of drug-likeness (QED) is 0.789. The molecule has 5 heteroatoms. The van der Waals surface area contributed by atoms with Gasteiger partial charge in [-0.3, -0.25) is 9.36 Å². The predicted molar refractivity (Wildman–Crippen MR) is 67.8 cm³/mol. The SMILES string of the molecule is CCCCn1c(=O)n(C(=O)Cl)c2ccccc21. The number of hydrogen-bond acceptors (Lipinski definition) is 2. The maximum atomic E-state index is 12.1. The zero-order valence-electron chi connectivity index (χ0n) is 9.52. The second-order valence-corrected chi connectivity index (χ2v) is 4.19. The average molecular weight is 253 g/mol. The van der Waals surface area contributed by atoms with Crippen molar-refractivity contribution in [2.75, 3.05) is 0 Å². The van der Waals surface area contributed by atoms with Gasteiger partial charge in [0.1, 0.15) is 0 Å². The molecule has 0 amide bonds. The molecule has 1 heterocycles. The van der Waals surface area contributed by atoms with E-state index in [0.29, 0.717) is 12.1 Å². The predicted octanol–water partition coefficient (Wildman–Crippen LogP) is 2.81. The van der Waals surface area contributed by atoms with E-state index in [1.165, 1.54) is 0 Å². The van der Waals surface area contributed by atoms with Crippen LogP contribution in [0.1, 0.15) is 19.8 Å². The van der Waals surface area contributed by atoms with Crippen LogP contribution in [-0.4, -0.2) is 14.5 Å². The summed E-state index contributed by atoms with van der Waals surface area (Å²) in [5.41, 5.74) is 0.952. The molecule has 0 spiro atoms. The number of benzene rings is 1. The van der Waals surface area contributed by atoms with Crippen LogP contribution in [0, 0.1) is 0 Å². The third-order valence-corrected chi connectivity index (χ3v) is 2.92. The summed E-state index contributed by atoms with van der Waals surface area (Å²) in [6.45, 7) is 2.66. The Morgan fingerprint density at radius 3 is 2.53 bits per heavy atom. The van der Waals surface area contributed by atoms with Crippen LogP contribution in [0.2, 0.25) is 0 Å². The number of nitrogens with zero attached hydrogens (tertiary/aromatic N) is 2. The first kappa shape index (κ1) is 11.9. The van der Waals surface area contributed by atoms with Crippen molar-refractivity contribution in [1.29, 1.82) is 0 Å². The van der Waals surface area contributed by atoms with Gasteiger partial charge in [0.25, 0.3) is 0 Å². The van der Waals surface area contributed by atoms with Crippen LogP contribution in [0.25, 0.3) is 11.0 Å². The van der Waals surface area contributed by atoms with Crippen molar-refractivity contribution in [1.82, 2.24) is 9.13 Å². The van der Waals surface area contributed by atoms with Crippen molar-refractivity contribution in [3.63, 3.8) is 0 Å². The van der Waals surface area contributed by atoms with Crippen molar-refractivity contribution >= 4 is 28.0 Å². The molecule has 0 atom stereocenters. The van der Waals surface area contributed by atoms with E-state index >= 15 is 0 Å². The minimum absolute atomic E-state index is 0.361. The van der Waals surface area contributed by atoms with E-state index in [4.69, 9.17) is 11.6 Å². The summed E-state index contributed by atoms with van der Waals surface area (Å²) in [6, 6.07) is 7.16. The highest BCUT2D eigenvalue weighted by Crippen LogP contribution is 2.14. The largest absolute Gasteiger partial charge is 0.336 e. The van der Waals surface area contributed by atoms with Gasteiger partial charge in [-0.1, -0.05) is 25.5 Å². The van der Waals surface area contributed by atoms with Gasteiger partial charge in [0.05, 0.1) is 11.0 Å². The molecule has 0 saturated heterocycles. The van der Waals surface area contributed by atoms with Crippen LogP contribution >= 0.6 is 11.6 Å². The number of fused-ring (bicyclic) bond motifs is 1. The van der Waals surface area contributed by atoms with Gasteiger partial charge in [-0.15, -0.1) is 0 Å². The van der Waals surface area contributed by atoms with Crippen molar-refractivity contribution in [2.45, 2.75) is 26.3 Å². The maximum Gasteiger partial charge on any atom is 0.336 e. The highest BCUT2D eigenvalue weighted by atomic mass is 35.5. The van der Waals surface area contributed by atoms with Gasteiger partial charge in [-0.25, -0.2) is 9.36 Å². The molecular formula is C12H13ClN2O2. The van der Waals surface area contributed by atoms with E-state index in [0.717, 1.165) is 22.9 Å². The number of halogens is 1. The molecule has 1 aromatic carbocycles. The van der Waals surface area contributed by atoms with Crippen molar-refractivity contribution in [3.8, 4) is 0 Å². The van der Waals surface area contributed by atoms with Crippen LogP contribution in [-0.2, 0) is 6.54 Å². The number of hydrogen-bond donors (Lipinski definition) is 0. The Morgan fingerprint density at radius 2 is 1.94 bits per heavy atom. The molecule has 90 valence electrons. The summed E-state index contributed by atoms with van der Waals surface area (Å²) in [5, 5.41) is -0.763. The fourth-order valence-electron chi connectivity index (χ4n) is 1.91. The first-order chi connectivity index (χ1) is 8.16. The Labute approximate surface area is 103 Å². The minimum Gasteiger partial charge on any atom is -0.292 e. The molecule has 1 aromatic heterocycles. The lowest BCUT2D eigenvalue weighted by molar-refractivity contribution is 0.261. The van der Waals surface area contributed by atoms with Gasteiger partial charge in [0.15, 0.2) is 0 Å². The molecule has 0 saturated carbocycles. The maximum absolute atomic E-state index is 12.1. The lowest BCUT2D eigenvalue weighted by atomic mass is 10.3. The second kappa shape index (κ2) is 4.75. The lowest BCUT2D eigenvalue weighted by Crippen LogP contribution is -2.26. The first-order valence-corrected chi connectivity index (χ1v) is 5.94. The monoisotopic (exact) mass is 252 g/mol. The summed E-state index contributed by atoms with van der Waals surface area (Å²) >= 11 is 5.45. The van der Waals surface area contributed by atoms with Crippen molar-refractivity contribution in [2.24, 2.45) is 0 Å². The van der Waals surface area contributed by atoms with Gasteiger partial charge >= 0.3 is 11.1 Å². The number of carbonyl (C=O) groups is 1. The zero-order chi connectivity index (χ0) is 12.4. The molecule has 0 radical (unpaired) electrons. The Balaban J connectivity index is 2.71. The fraction of sp³-hybridized carbons (Fsp3) is 0.333. The van der Waals surface area contributed by atoms with Crippen LogP contribution < -0.4 is 5.69 Å². The Kier molecular flexibility index (Phi) is 3.33. The van der Waals surface area contributed by atoms with Gasteiger partial charge in [-0.2, -0.15) is 0 Å². The van der Waals surface area contributed by atoms with Crippen LogP contribution in [0.3, 0.4) is 0 Å². The lowest BCUT2D eigenvalue weighted by Gasteiger charge is -2.00. The zero-order valence-corrected chi connectivity index (χ0v) is 10.3. The van der Waals surface area contributed by atoms with E-state index < -0.39 is 5.37 Å². The van der Waals surface area contributed by atoms with E-state index in [1.54, 1.807) is 16.7 Å². The number of rotatable bonds is 3. The number of imidazole rings is 1. The van der Waals surface area contributed by atoms with Crippen LogP contribution in [0.15, 0.2) is 29.1 Å². The minimum atomic E-state index is -0.763. The topological polar surface area (TPSA) is 44.0 Å². The molecule has 0 aliphatic carbocycles. The van der Waals surface area contributed by atoms with E-state index in [-0.39, 0.29) is 5.69 Å². The average Bonchev–Trinajstić information content (AvgIpc) is 2.58. The normalized spacial score (nSPS) is 10.9. The fourth-order valence-corrected chi connectivity index (χ4v) is 2.07. The summed E-state index contributed by atoms with van der Waals surface area (Å²) in [7, 11) is 0. The molecule has 0 N–H and O–H groups in total. The molecule has 17 heavy (non-hydrogen) atoms. The molecule has 2 aromatic rings. The summed E-state index contributed by atoms with van der Waals surface area (Å²) in [6.07, 6.45) is 1.88. The number of unbranched alkanes of at least 4 members (excludes halogenated alkanes) is 1. The molecule has 4 nitrogen and oxygen atoms in total. The van der Waals surface area contributed by atoms with Crippen molar-refractivity contribution < 1.29 is 4.79 Å². The summed E-state index contributed by atoms with van der Waals surface area (Å²) < 4.78 is 2.60. The molecule has 2 rings (SSSR count). The molecule has 0 unspecified atom stereocenters. The molecule has 0 bridgehead atoms. The molecular weight excluding hydrogens is 240 g/mol. The third-order valence-electron chi connectivity index (χ3n) is 2.75. The molecule has 0 aliphatic heterocycles. The van der Waals surface area contributed by atoms with Crippen LogP contribution in [0.5, 0.6) is 0 Å². The van der Waals surface area contributed by atoms with Crippen molar-refractivity contribution in [3.05, 3.63) is 34.7 Å². The summed E-state index contributed by atoms with van der Waals surface area (Å²) in [4.78, 5) is 23.3. The van der Waals surface area contributed by atoms with Gasteiger partial charge in [-0.05, 0) is 30.2 Å². The second-order valence-electron chi connectivity index (χ2n) is 3.86. The molecule has 0 fully saturated rings. The van der Waals surface area contributed by atoms with E-state index in [1.807, 2.05) is 12.1 Å².